The Morgan fingerprint density at radius 3 is 2.18 bits per heavy atom. The quantitative estimate of drug-likeness (QED) is 0.745. The highest BCUT2D eigenvalue weighted by atomic mass is 16.1. The van der Waals surface area contributed by atoms with E-state index in [0.717, 1.165) is 38.3 Å². The van der Waals surface area contributed by atoms with E-state index >= 15 is 0 Å². The van der Waals surface area contributed by atoms with Crippen molar-refractivity contribution in [2.75, 3.05) is 18.0 Å². The van der Waals surface area contributed by atoms with Crippen LogP contribution >= 0.6 is 0 Å². The molecule has 154 valence electrons. The van der Waals surface area contributed by atoms with Crippen molar-refractivity contribution >= 4 is 11.7 Å². The minimum absolute atomic E-state index is 0.319. The number of hydrogen-bond acceptors (Lipinski definition) is 5. The average Bonchev–Trinajstić information content (AvgIpc) is 2.97. The van der Waals surface area contributed by atoms with Crippen molar-refractivity contribution in [3.8, 4) is 0 Å². The molecule has 0 amide bonds. The molecule has 2 unspecified atom stereocenters. The summed E-state index contributed by atoms with van der Waals surface area (Å²) in [5, 5.41) is 0. The van der Waals surface area contributed by atoms with Crippen LogP contribution in [0.3, 0.4) is 0 Å². The number of ketones is 1. The lowest BCUT2D eigenvalue weighted by atomic mass is 9.77. The van der Waals surface area contributed by atoms with E-state index in [-0.39, 0.29) is 0 Å². The number of nitrogens with zero attached hydrogens (tertiary/aromatic N) is 4. The molecule has 2 aliphatic heterocycles. The first kappa shape index (κ1) is 19.8. The molecule has 5 heteroatoms. The fraction of sp³-hybridized carbons (Fsp3) is 0.783. The zero-order chi connectivity index (χ0) is 19.7. The van der Waals surface area contributed by atoms with E-state index in [4.69, 9.17) is 9.97 Å². The van der Waals surface area contributed by atoms with Crippen molar-refractivity contribution in [1.82, 2.24) is 14.9 Å². The third kappa shape index (κ3) is 4.10. The normalized spacial score (nSPS) is 30.8. The minimum Gasteiger partial charge on any atom is -0.332 e. The molecule has 28 heavy (non-hydrogen) atoms. The minimum atomic E-state index is 0.319. The van der Waals surface area contributed by atoms with Gasteiger partial charge in [-0.15, -0.1) is 0 Å². The molecule has 1 aromatic rings. The Hall–Kier alpha value is -1.49. The van der Waals surface area contributed by atoms with E-state index in [1.54, 1.807) is 0 Å². The second-order valence-electron chi connectivity index (χ2n) is 9.47. The lowest BCUT2D eigenvalue weighted by molar-refractivity contribution is -0.123. The van der Waals surface area contributed by atoms with Crippen LogP contribution in [0, 0.1) is 11.8 Å². The summed E-state index contributed by atoms with van der Waals surface area (Å²) in [7, 11) is 0. The Morgan fingerprint density at radius 2 is 1.64 bits per heavy atom. The third-order valence-electron chi connectivity index (χ3n) is 7.34. The van der Waals surface area contributed by atoms with E-state index in [2.05, 4.69) is 36.0 Å². The second-order valence-corrected chi connectivity index (χ2v) is 9.47. The summed E-state index contributed by atoms with van der Waals surface area (Å²) in [5.74, 6) is 2.39. The first-order valence-corrected chi connectivity index (χ1v) is 11.4. The van der Waals surface area contributed by atoms with Gasteiger partial charge < -0.3 is 4.90 Å². The van der Waals surface area contributed by atoms with E-state index in [1.807, 2.05) is 6.92 Å². The van der Waals surface area contributed by atoms with E-state index in [0.29, 0.717) is 42.2 Å². The van der Waals surface area contributed by atoms with E-state index < -0.39 is 0 Å². The number of likely N-dealkylation sites (tertiary alicyclic amines) is 1. The van der Waals surface area contributed by atoms with Gasteiger partial charge in [0, 0.05) is 55.9 Å². The summed E-state index contributed by atoms with van der Waals surface area (Å²) in [5.41, 5.74) is 1.25. The largest absolute Gasteiger partial charge is 0.332 e. The predicted octanol–water partition coefficient (Wildman–Crippen LogP) is 3.87. The van der Waals surface area contributed by atoms with Gasteiger partial charge in [-0.05, 0) is 70.3 Å². The number of anilines is 1. The van der Waals surface area contributed by atoms with Gasteiger partial charge in [0.2, 0.25) is 5.95 Å². The van der Waals surface area contributed by atoms with E-state index in [1.165, 1.54) is 31.2 Å². The third-order valence-corrected chi connectivity index (χ3v) is 7.34. The van der Waals surface area contributed by atoms with Crippen LogP contribution in [-0.4, -0.2) is 51.9 Å². The van der Waals surface area contributed by atoms with Crippen molar-refractivity contribution in [1.29, 1.82) is 0 Å². The molecule has 0 spiro atoms. The molecule has 0 radical (unpaired) electrons. The summed E-state index contributed by atoms with van der Waals surface area (Å²) in [6.07, 6.45) is 12.9. The van der Waals surface area contributed by atoms with Gasteiger partial charge in [-0.1, -0.05) is 6.92 Å². The maximum Gasteiger partial charge on any atom is 0.225 e. The molecule has 1 aromatic heterocycles. The molecular weight excluding hydrogens is 348 g/mol. The number of Topliss-reactive ketones (excluding diaryl/α,β-unsaturated/α-hetero) is 1. The maximum absolute atomic E-state index is 11.9. The van der Waals surface area contributed by atoms with Crippen LogP contribution in [-0.2, 0) is 11.2 Å². The molecule has 3 fully saturated rings. The number of carbonyl (C=O) groups is 1. The van der Waals surface area contributed by atoms with Gasteiger partial charge in [0.15, 0.2) is 0 Å². The highest BCUT2D eigenvalue weighted by Gasteiger charge is 2.41. The van der Waals surface area contributed by atoms with Gasteiger partial charge in [0.1, 0.15) is 5.78 Å². The van der Waals surface area contributed by atoms with Gasteiger partial charge in [0.25, 0.3) is 0 Å². The second kappa shape index (κ2) is 8.48. The van der Waals surface area contributed by atoms with Crippen molar-refractivity contribution in [2.24, 2.45) is 11.8 Å². The highest BCUT2D eigenvalue weighted by Crippen LogP contribution is 2.34. The van der Waals surface area contributed by atoms with Crippen molar-refractivity contribution in [3.63, 3.8) is 0 Å². The Kier molecular flexibility index (Phi) is 6.00. The SMILES string of the molecule is CCC(=O)[C@H]1CC[C@@H](Cc2cnc(N3C4CCC3CN(C(C)C)C4)nc2)CC1. The van der Waals surface area contributed by atoms with Gasteiger partial charge >= 0.3 is 0 Å². The number of fused-ring (bicyclic) bond motifs is 2. The van der Waals surface area contributed by atoms with Gasteiger partial charge in [-0.25, -0.2) is 9.97 Å². The van der Waals surface area contributed by atoms with Crippen LogP contribution in [0.15, 0.2) is 12.4 Å². The van der Waals surface area contributed by atoms with Crippen LogP contribution in [0.5, 0.6) is 0 Å². The zero-order valence-electron chi connectivity index (χ0n) is 17.8. The van der Waals surface area contributed by atoms with Crippen LogP contribution in [0.1, 0.15) is 71.3 Å². The summed E-state index contributed by atoms with van der Waals surface area (Å²) in [6.45, 7) is 8.86. The fourth-order valence-corrected chi connectivity index (χ4v) is 5.58. The molecule has 4 rings (SSSR count). The Labute approximate surface area is 169 Å². The summed E-state index contributed by atoms with van der Waals surface area (Å²) < 4.78 is 0. The van der Waals surface area contributed by atoms with Crippen molar-refractivity contribution in [3.05, 3.63) is 18.0 Å². The molecule has 1 aliphatic carbocycles. The van der Waals surface area contributed by atoms with Gasteiger partial charge in [-0.3, -0.25) is 9.69 Å². The molecular formula is C23H36N4O. The lowest BCUT2D eigenvalue weighted by Crippen LogP contribution is -2.56. The molecule has 2 atom stereocenters. The fourth-order valence-electron chi connectivity index (χ4n) is 5.58. The Morgan fingerprint density at radius 1 is 1.04 bits per heavy atom. The number of hydrogen-bond donors (Lipinski definition) is 0. The molecule has 0 aromatic carbocycles. The molecule has 2 bridgehead atoms. The summed E-state index contributed by atoms with van der Waals surface area (Å²) in [4.78, 5) is 26.6. The molecule has 1 saturated carbocycles. The molecule has 2 saturated heterocycles. The van der Waals surface area contributed by atoms with Crippen LogP contribution in [0.4, 0.5) is 5.95 Å². The first-order chi connectivity index (χ1) is 13.5. The van der Waals surface area contributed by atoms with Gasteiger partial charge in [-0.2, -0.15) is 0 Å². The standard InChI is InChI=1S/C23H36N4O/c1-4-22(28)19-7-5-17(6-8-19)11-18-12-24-23(25-13-18)27-20-9-10-21(27)15-26(14-20)16(2)3/h12-13,16-17,19-21H,4-11,14-15H2,1-3H3/t17-,19+,20?,21?. The zero-order valence-corrected chi connectivity index (χ0v) is 17.8. The maximum atomic E-state index is 11.9. The van der Waals surface area contributed by atoms with E-state index in [9.17, 15) is 4.79 Å². The Balaban J connectivity index is 1.33. The molecule has 3 aliphatic rings. The Bertz CT molecular complexity index is 652. The number of aromatic nitrogens is 2. The molecule has 0 N–H and O–H groups in total. The van der Waals surface area contributed by atoms with Crippen LogP contribution < -0.4 is 4.90 Å². The lowest BCUT2D eigenvalue weighted by Gasteiger charge is -2.42. The highest BCUT2D eigenvalue weighted by molar-refractivity contribution is 5.80. The number of rotatable bonds is 6. The number of carbonyl (C=O) groups excluding carboxylic acids is 1. The molecule has 3 heterocycles. The summed E-state index contributed by atoms with van der Waals surface area (Å²) in [6, 6.07) is 1.76. The van der Waals surface area contributed by atoms with Gasteiger partial charge in [0.05, 0.1) is 0 Å². The van der Waals surface area contributed by atoms with Crippen LogP contribution in [0.2, 0.25) is 0 Å². The smallest absolute Gasteiger partial charge is 0.225 e. The molecule has 5 nitrogen and oxygen atoms in total. The topological polar surface area (TPSA) is 49.3 Å². The number of piperazine rings is 1. The van der Waals surface area contributed by atoms with Crippen LogP contribution in [0.25, 0.3) is 0 Å². The predicted molar refractivity (Wildman–Crippen MR) is 112 cm³/mol. The first-order valence-electron chi connectivity index (χ1n) is 11.4. The van der Waals surface area contributed by atoms with Crippen molar-refractivity contribution < 1.29 is 4.79 Å². The average molecular weight is 385 g/mol. The summed E-state index contributed by atoms with van der Waals surface area (Å²) >= 11 is 0. The monoisotopic (exact) mass is 384 g/mol. The van der Waals surface area contributed by atoms with Crippen molar-refractivity contribution in [2.45, 2.75) is 90.3 Å².